The van der Waals surface area contributed by atoms with Gasteiger partial charge < -0.3 is 10.5 Å². The van der Waals surface area contributed by atoms with E-state index in [0.717, 1.165) is 44.6 Å². The first-order valence-electron chi connectivity index (χ1n) is 6.44. The van der Waals surface area contributed by atoms with Gasteiger partial charge in [-0.05, 0) is 55.6 Å². The normalized spacial score (nSPS) is 18.1. The van der Waals surface area contributed by atoms with Gasteiger partial charge in [0.25, 0.3) is 0 Å². The Morgan fingerprint density at radius 3 is 2.78 bits per heavy atom. The standard InChI is InChI=1S/C14H21FN2O/c1-18-10-11-4-6-17(7-5-11)9-12-8-13(15)2-3-14(12)16/h2-3,8,11H,4-7,9-10,16H2,1H3. The van der Waals surface area contributed by atoms with E-state index >= 15 is 0 Å². The average Bonchev–Trinajstić information content (AvgIpc) is 2.37. The quantitative estimate of drug-likeness (QED) is 0.835. The molecule has 1 saturated heterocycles. The number of halogens is 1. The Hall–Kier alpha value is -1.13. The maximum atomic E-state index is 13.2. The number of piperidine rings is 1. The summed E-state index contributed by atoms with van der Waals surface area (Å²) in [6.07, 6.45) is 2.28. The summed E-state index contributed by atoms with van der Waals surface area (Å²) in [5.74, 6) is 0.449. The van der Waals surface area contributed by atoms with Crippen LogP contribution in [-0.2, 0) is 11.3 Å². The molecule has 1 heterocycles. The highest BCUT2D eigenvalue weighted by Gasteiger charge is 2.19. The molecule has 0 bridgehead atoms. The predicted molar refractivity (Wildman–Crippen MR) is 70.7 cm³/mol. The van der Waals surface area contributed by atoms with Crippen molar-refractivity contribution in [2.75, 3.05) is 32.5 Å². The van der Waals surface area contributed by atoms with Gasteiger partial charge in [-0.15, -0.1) is 0 Å². The minimum Gasteiger partial charge on any atom is -0.398 e. The van der Waals surface area contributed by atoms with Gasteiger partial charge in [0.15, 0.2) is 0 Å². The van der Waals surface area contributed by atoms with Gasteiger partial charge in [0, 0.05) is 25.9 Å². The Balaban J connectivity index is 1.89. The molecule has 1 aromatic rings. The van der Waals surface area contributed by atoms with Gasteiger partial charge in [-0.3, -0.25) is 4.90 Å². The first-order valence-corrected chi connectivity index (χ1v) is 6.44. The number of likely N-dealkylation sites (tertiary alicyclic amines) is 1. The van der Waals surface area contributed by atoms with Crippen LogP contribution in [0.15, 0.2) is 18.2 Å². The molecule has 0 aromatic heterocycles. The summed E-state index contributed by atoms with van der Waals surface area (Å²) >= 11 is 0. The number of rotatable bonds is 4. The Morgan fingerprint density at radius 2 is 2.11 bits per heavy atom. The first-order chi connectivity index (χ1) is 8.69. The highest BCUT2D eigenvalue weighted by molar-refractivity contribution is 5.46. The number of methoxy groups -OCH3 is 1. The fourth-order valence-corrected chi connectivity index (χ4v) is 2.50. The monoisotopic (exact) mass is 252 g/mol. The second-order valence-corrected chi connectivity index (χ2v) is 5.02. The zero-order valence-corrected chi connectivity index (χ0v) is 10.9. The van der Waals surface area contributed by atoms with Crippen LogP contribution in [0.25, 0.3) is 0 Å². The van der Waals surface area contributed by atoms with Crippen molar-refractivity contribution in [1.82, 2.24) is 4.90 Å². The van der Waals surface area contributed by atoms with Crippen LogP contribution in [0.2, 0.25) is 0 Å². The zero-order valence-electron chi connectivity index (χ0n) is 10.9. The lowest BCUT2D eigenvalue weighted by atomic mass is 9.97. The molecule has 2 rings (SSSR count). The van der Waals surface area contributed by atoms with E-state index in [9.17, 15) is 4.39 Å². The third-order valence-electron chi connectivity index (χ3n) is 3.61. The number of anilines is 1. The van der Waals surface area contributed by atoms with E-state index in [2.05, 4.69) is 4.90 Å². The van der Waals surface area contributed by atoms with E-state index in [1.54, 1.807) is 13.2 Å². The summed E-state index contributed by atoms with van der Waals surface area (Å²) < 4.78 is 18.4. The summed E-state index contributed by atoms with van der Waals surface area (Å²) in [4.78, 5) is 2.33. The lowest BCUT2D eigenvalue weighted by Crippen LogP contribution is -2.34. The van der Waals surface area contributed by atoms with Crippen LogP contribution < -0.4 is 5.73 Å². The predicted octanol–water partition coefficient (Wildman–Crippen LogP) is 2.27. The van der Waals surface area contributed by atoms with Gasteiger partial charge in [0.1, 0.15) is 5.82 Å². The minimum atomic E-state index is -0.214. The fraction of sp³-hybridized carbons (Fsp3) is 0.571. The molecule has 0 unspecified atom stereocenters. The molecule has 1 fully saturated rings. The topological polar surface area (TPSA) is 38.5 Å². The molecule has 0 spiro atoms. The SMILES string of the molecule is COCC1CCN(Cc2cc(F)ccc2N)CC1. The summed E-state index contributed by atoms with van der Waals surface area (Å²) in [5, 5.41) is 0. The van der Waals surface area contributed by atoms with Gasteiger partial charge >= 0.3 is 0 Å². The van der Waals surface area contributed by atoms with Gasteiger partial charge in [0.2, 0.25) is 0 Å². The van der Waals surface area contributed by atoms with Crippen LogP contribution in [0.1, 0.15) is 18.4 Å². The third-order valence-corrected chi connectivity index (χ3v) is 3.61. The Labute approximate surface area is 108 Å². The highest BCUT2D eigenvalue weighted by Crippen LogP contribution is 2.21. The van der Waals surface area contributed by atoms with E-state index < -0.39 is 0 Å². The Bertz CT molecular complexity index is 389. The van der Waals surface area contributed by atoms with Crippen molar-refractivity contribution in [3.8, 4) is 0 Å². The Morgan fingerprint density at radius 1 is 1.39 bits per heavy atom. The molecule has 3 nitrogen and oxygen atoms in total. The zero-order chi connectivity index (χ0) is 13.0. The molecule has 2 N–H and O–H groups in total. The summed E-state index contributed by atoms with van der Waals surface area (Å²) in [6.45, 7) is 3.65. The number of nitrogens with two attached hydrogens (primary N) is 1. The smallest absolute Gasteiger partial charge is 0.123 e. The molecule has 0 amide bonds. The van der Waals surface area contributed by atoms with E-state index in [0.29, 0.717) is 11.6 Å². The first kappa shape index (κ1) is 13.3. The second-order valence-electron chi connectivity index (χ2n) is 5.02. The largest absolute Gasteiger partial charge is 0.398 e. The number of nitrogen functional groups attached to an aromatic ring is 1. The number of hydrogen-bond donors (Lipinski definition) is 1. The summed E-state index contributed by atoms with van der Waals surface area (Å²) in [5.41, 5.74) is 7.43. The lowest BCUT2D eigenvalue weighted by Gasteiger charge is -2.31. The highest BCUT2D eigenvalue weighted by atomic mass is 19.1. The molecule has 1 aliphatic rings. The minimum absolute atomic E-state index is 0.214. The summed E-state index contributed by atoms with van der Waals surface area (Å²) in [6, 6.07) is 4.59. The molecule has 18 heavy (non-hydrogen) atoms. The van der Waals surface area contributed by atoms with Crippen molar-refractivity contribution in [3.63, 3.8) is 0 Å². The number of hydrogen-bond acceptors (Lipinski definition) is 3. The fourth-order valence-electron chi connectivity index (χ4n) is 2.50. The van der Waals surface area contributed by atoms with Gasteiger partial charge in [-0.25, -0.2) is 4.39 Å². The molecule has 0 aliphatic carbocycles. The van der Waals surface area contributed by atoms with Crippen molar-refractivity contribution in [1.29, 1.82) is 0 Å². The van der Waals surface area contributed by atoms with Crippen LogP contribution in [0.4, 0.5) is 10.1 Å². The lowest BCUT2D eigenvalue weighted by molar-refractivity contribution is 0.0969. The summed E-state index contributed by atoms with van der Waals surface area (Å²) in [7, 11) is 1.75. The Kier molecular flexibility index (Phi) is 4.55. The molecule has 0 radical (unpaired) electrons. The molecule has 100 valence electrons. The van der Waals surface area contributed by atoms with Crippen LogP contribution in [-0.4, -0.2) is 31.7 Å². The molecule has 4 heteroatoms. The van der Waals surface area contributed by atoms with Crippen LogP contribution in [0, 0.1) is 11.7 Å². The van der Waals surface area contributed by atoms with Gasteiger partial charge in [0.05, 0.1) is 0 Å². The van der Waals surface area contributed by atoms with E-state index in [1.165, 1.54) is 12.1 Å². The van der Waals surface area contributed by atoms with E-state index in [4.69, 9.17) is 10.5 Å². The van der Waals surface area contributed by atoms with Gasteiger partial charge in [-0.2, -0.15) is 0 Å². The van der Waals surface area contributed by atoms with Crippen molar-refractivity contribution in [3.05, 3.63) is 29.6 Å². The molecule has 0 atom stereocenters. The van der Waals surface area contributed by atoms with Crippen molar-refractivity contribution >= 4 is 5.69 Å². The van der Waals surface area contributed by atoms with E-state index in [-0.39, 0.29) is 5.82 Å². The van der Waals surface area contributed by atoms with Crippen LogP contribution >= 0.6 is 0 Å². The van der Waals surface area contributed by atoms with Crippen molar-refractivity contribution in [2.45, 2.75) is 19.4 Å². The number of benzene rings is 1. The maximum absolute atomic E-state index is 13.2. The van der Waals surface area contributed by atoms with Gasteiger partial charge in [-0.1, -0.05) is 0 Å². The molecule has 0 saturated carbocycles. The number of nitrogens with zero attached hydrogens (tertiary/aromatic N) is 1. The second kappa shape index (κ2) is 6.16. The third kappa shape index (κ3) is 3.43. The van der Waals surface area contributed by atoms with E-state index in [1.807, 2.05) is 0 Å². The average molecular weight is 252 g/mol. The molecular weight excluding hydrogens is 231 g/mol. The number of ether oxygens (including phenoxy) is 1. The van der Waals surface area contributed by atoms with Crippen molar-refractivity contribution < 1.29 is 9.13 Å². The van der Waals surface area contributed by atoms with Crippen LogP contribution in [0.5, 0.6) is 0 Å². The van der Waals surface area contributed by atoms with Crippen LogP contribution in [0.3, 0.4) is 0 Å². The maximum Gasteiger partial charge on any atom is 0.123 e. The molecule has 1 aliphatic heterocycles. The molecular formula is C14H21FN2O. The molecule has 1 aromatic carbocycles. The van der Waals surface area contributed by atoms with Crippen molar-refractivity contribution in [2.24, 2.45) is 5.92 Å².